The lowest BCUT2D eigenvalue weighted by Crippen LogP contribution is -2.31. The van der Waals surface area contributed by atoms with Crippen molar-refractivity contribution in [2.75, 3.05) is 13.1 Å². The fourth-order valence-electron chi connectivity index (χ4n) is 3.73. The SMILES string of the molecule is Cc1nn(CC(=O)NCc2ccccc2CN2CCCCC2)c(C)c1[N+](=O)[O-]. The molecule has 1 aliphatic rings. The van der Waals surface area contributed by atoms with E-state index in [2.05, 4.69) is 21.4 Å². The summed E-state index contributed by atoms with van der Waals surface area (Å²) in [6, 6.07) is 8.15. The summed E-state index contributed by atoms with van der Waals surface area (Å²) in [5.74, 6) is -0.215. The Morgan fingerprint density at radius 2 is 1.86 bits per heavy atom. The summed E-state index contributed by atoms with van der Waals surface area (Å²) in [6.07, 6.45) is 3.79. The van der Waals surface area contributed by atoms with Gasteiger partial charge in [-0.3, -0.25) is 24.5 Å². The first kappa shape index (κ1) is 20.0. The predicted molar refractivity (Wildman–Crippen MR) is 106 cm³/mol. The van der Waals surface area contributed by atoms with Crippen LogP contribution < -0.4 is 5.32 Å². The molecule has 1 saturated heterocycles. The summed E-state index contributed by atoms with van der Waals surface area (Å²) in [5, 5.41) is 18.2. The van der Waals surface area contributed by atoms with Gasteiger partial charge in [0.2, 0.25) is 5.91 Å². The number of rotatable bonds is 7. The number of likely N-dealkylation sites (tertiary alicyclic amines) is 1. The highest BCUT2D eigenvalue weighted by Gasteiger charge is 2.22. The Morgan fingerprint density at radius 1 is 1.18 bits per heavy atom. The number of aromatic nitrogens is 2. The number of carbonyl (C=O) groups is 1. The molecule has 28 heavy (non-hydrogen) atoms. The number of nitrogens with one attached hydrogen (secondary N) is 1. The standard InChI is InChI=1S/C20H27N5O3/c1-15-20(25(27)28)16(2)24(22-15)14-19(26)21-12-17-8-4-5-9-18(17)13-23-10-6-3-7-11-23/h4-5,8-9H,3,6-7,10-14H2,1-2H3,(H,21,26). The van der Waals surface area contributed by atoms with Crippen molar-refractivity contribution < 1.29 is 9.72 Å². The zero-order valence-electron chi connectivity index (χ0n) is 16.5. The highest BCUT2D eigenvalue weighted by atomic mass is 16.6. The Hall–Kier alpha value is -2.74. The first-order valence-electron chi connectivity index (χ1n) is 9.70. The van der Waals surface area contributed by atoms with E-state index in [4.69, 9.17) is 0 Å². The van der Waals surface area contributed by atoms with Gasteiger partial charge in [0.05, 0.1) is 4.92 Å². The molecule has 0 spiro atoms. The van der Waals surface area contributed by atoms with Gasteiger partial charge in [0, 0.05) is 13.1 Å². The largest absolute Gasteiger partial charge is 0.350 e. The van der Waals surface area contributed by atoms with Crippen LogP contribution in [0.25, 0.3) is 0 Å². The minimum atomic E-state index is -0.455. The lowest BCUT2D eigenvalue weighted by Gasteiger charge is -2.27. The third-order valence-corrected chi connectivity index (χ3v) is 5.26. The molecule has 8 heteroatoms. The van der Waals surface area contributed by atoms with Crippen molar-refractivity contribution in [1.29, 1.82) is 0 Å². The molecule has 0 saturated carbocycles. The van der Waals surface area contributed by atoms with E-state index < -0.39 is 4.92 Å². The molecule has 1 N–H and O–H groups in total. The smallest absolute Gasteiger partial charge is 0.312 e. The second kappa shape index (κ2) is 8.97. The van der Waals surface area contributed by atoms with Crippen LogP contribution in [0.5, 0.6) is 0 Å². The van der Waals surface area contributed by atoms with E-state index in [1.54, 1.807) is 13.8 Å². The number of piperidine rings is 1. The maximum absolute atomic E-state index is 12.4. The molecule has 1 aromatic carbocycles. The van der Waals surface area contributed by atoms with Gasteiger partial charge >= 0.3 is 5.69 Å². The molecule has 0 unspecified atom stereocenters. The fraction of sp³-hybridized carbons (Fsp3) is 0.500. The van der Waals surface area contributed by atoms with Crippen molar-refractivity contribution in [1.82, 2.24) is 20.0 Å². The van der Waals surface area contributed by atoms with Crippen LogP contribution >= 0.6 is 0 Å². The van der Waals surface area contributed by atoms with Crippen LogP contribution in [0.2, 0.25) is 0 Å². The van der Waals surface area contributed by atoms with Crippen LogP contribution in [0.15, 0.2) is 24.3 Å². The van der Waals surface area contributed by atoms with E-state index in [1.165, 1.54) is 29.5 Å². The Bertz CT molecular complexity index is 856. The molecule has 2 heterocycles. The molecule has 8 nitrogen and oxygen atoms in total. The van der Waals surface area contributed by atoms with E-state index in [1.807, 2.05) is 18.2 Å². The minimum Gasteiger partial charge on any atom is -0.350 e. The zero-order valence-corrected chi connectivity index (χ0v) is 16.5. The Balaban J connectivity index is 1.61. The average Bonchev–Trinajstić information content (AvgIpc) is 2.95. The second-order valence-electron chi connectivity index (χ2n) is 7.32. The zero-order chi connectivity index (χ0) is 20.1. The Kier molecular flexibility index (Phi) is 6.41. The second-order valence-corrected chi connectivity index (χ2v) is 7.32. The quantitative estimate of drug-likeness (QED) is 0.584. The topological polar surface area (TPSA) is 93.3 Å². The van der Waals surface area contributed by atoms with Crippen LogP contribution in [0, 0.1) is 24.0 Å². The number of benzene rings is 1. The van der Waals surface area contributed by atoms with Gasteiger partial charge in [-0.25, -0.2) is 0 Å². The van der Waals surface area contributed by atoms with Gasteiger partial charge < -0.3 is 5.32 Å². The highest BCUT2D eigenvalue weighted by molar-refractivity contribution is 5.75. The van der Waals surface area contributed by atoms with E-state index in [0.717, 1.165) is 25.2 Å². The average molecular weight is 385 g/mol. The van der Waals surface area contributed by atoms with Crippen molar-refractivity contribution in [3.63, 3.8) is 0 Å². The molecule has 1 aliphatic heterocycles. The first-order chi connectivity index (χ1) is 13.5. The third-order valence-electron chi connectivity index (χ3n) is 5.26. The summed E-state index contributed by atoms with van der Waals surface area (Å²) >= 11 is 0. The maximum Gasteiger partial charge on any atom is 0.312 e. The molecule has 0 atom stereocenters. The van der Waals surface area contributed by atoms with Crippen LogP contribution in [0.4, 0.5) is 5.69 Å². The number of nitrogens with zero attached hydrogens (tertiary/aromatic N) is 4. The highest BCUT2D eigenvalue weighted by Crippen LogP contribution is 2.21. The summed E-state index contributed by atoms with van der Waals surface area (Å²) in [5.41, 5.74) is 3.01. The van der Waals surface area contributed by atoms with E-state index >= 15 is 0 Å². The molecule has 3 rings (SSSR count). The molecule has 0 aliphatic carbocycles. The van der Waals surface area contributed by atoms with Crippen LogP contribution in [0.3, 0.4) is 0 Å². The van der Waals surface area contributed by atoms with E-state index in [-0.39, 0.29) is 18.1 Å². The molecule has 150 valence electrons. The van der Waals surface area contributed by atoms with Gasteiger partial charge in [0.15, 0.2) is 0 Å². The van der Waals surface area contributed by atoms with Crippen molar-refractivity contribution >= 4 is 11.6 Å². The summed E-state index contributed by atoms with van der Waals surface area (Å²) in [4.78, 5) is 25.5. The third kappa shape index (κ3) is 4.75. The Morgan fingerprint density at radius 3 is 2.50 bits per heavy atom. The van der Waals surface area contributed by atoms with E-state index in [9.17, 15) is 14.9 Å². The van der Waals surface area contributed by atoms with Crippen LogP contribution in [-0.2, 0) is 24.4 Å². The monoisotopic (exact) mass is 385 g/mol. The molecule has 2 aromatic rings. The van der Waals surface area contributed by atoms with E-state index in [0.29, 0.717) is 17.9 Å². The molecular formula is C20H27N5O3. The van der Waals surface area contributed by atoms with Gasteiger partial charge in [-0.2, -0.15) is 5.10 Å². The molecule has 0 radical (unpaired) electrons. The number of aryl methyl sites for hydroxylation is 1. The summed E-state index contributed by atoms with van der Waals surface area (Å²) < 4.78 is 1.39. The molecular weight excluding hydrogens is 358 g/mol. The summed E-state index contributed by atoms with van der Waals surface area (Å²) in [6.45, 7) is 6.74. The summed E-state index contributed by atoms with van der Waals surface area (Å²) in [7, 11) is 0. The van der Waals surface area contributed by atoms with Crippen molar-refractivity contribution in [2.24, 2.45) is 0 Å². The predicted octanol–water partition coefficient (Wildman–Crippen LogP) is 2.71. The maximum atomic E-state index is 12.4. The van der Waals surface area contributed by atoms with Gasteiger partial charge in [-0.1, -0.05) is 30.7 Å². The fourth-order valence-corrected chi connectivity index (χ4v) is 3.73. The van der Waals surface area contributed by atoms with Crippen molar-refractivity contribution in [3.05, 3.63) is 56.9 Å². The number of carbonyl (C=O) groups excluding carboxylic acids is 1. The molecule has 0 bridgehead atoms. The Labute approximate surface area is 164 Å². The molecule has 1 fully saturated rings. The van der Waals surface area contributed by atoms with Crippen LogP contribution in [0.1, 0.15) is 41.8 Å². The van der Waals surface area contributed by atoms with Gasteiger partial charge in [0.1, 0.15) is 17.9 Å². The van der Waals surface area contributed by atoms with Gasteiger partial charge in [-0.05, 0) is 50.9 Å². The van der Waals surface area contributed by atoms with Crippen LogP contribution in [-0.4, -0.2) is 38.6 Å². The molecule has 1 aromatic heterocycles. The number of hydrogen-bond donors (Lipinski definition) is 1. The molecule has 1 amide bonds. The lowest BCUT2D eigenvalue weighted by atomic mass is 10.0. The van der Waals surface area contributed by atoms with Gasteiger partial charge in [0.25, 0.3) is 0 Å². The van der Waals surface area contributed by atoms with Gasteiger partial charge in [-0.15, -0.1) is 0 Å². The number of amides is 1. The van der Waals surface area contributed by atoms with Crippen molar-refractivity contribution in [2.45, 2.75) is 52.7 Å². The number of hydrogen-bond acceptors (Lipinski definition) is 5. The minimum absolute atomic E-state index is 0.0281. The first-order valence-corrected chi connectivity index (χ1v) is 9.70. The lowest BCUT2D eigenvalue weighted by molar-refractivity contribution is -0.386. The van der Waals surface area contributed by atoms with Crippen molar-refractivity contribution in [3.8, 4) is 0 Å². The number of nitro groups is 1. The normalized spacial score (nSPS) is 14.8.